The highest BCUT2D eigenvalue weighted by Gasteiger charge is 2.42. The second kappa shape index (κ2) is 4.29. The zero-order valence-corrected chi connectivity index (χ0v) is 9.30. The van der Waals surface area contributed by atoms with E-state index in [9.17, 15) is 5.11 Å². The summed E-state index contributed by atoms with van der Waals surface area (Å²) >= 11 is 0. The molecule has 1 unspecified atom stereocenters. The summed E-state index contributed by atoms with van der Waals surface area (Å²) < 4.78 is 0. The molecule has 0 aliphatic carbocycles. The van der Waals surface area contributed by atoms with Crippen LogP contribution in [-0.2, 0) is 0 Å². The number of aliphatic hydroxyl groups excluding tert-OH is 1. The Morgan fingerprint density at radius 1 is 1.53 bits per heavy atom. The Kier molecular flexibility index (Phi) is 3.03. The van der Waals surface area contributed by atoms with Crippen LogP contribution in [0.15, 0.2) is 24.4 Å². The third-order valence-electron chi connectivity index (χ3n) is 3.06. The fourth-order valence-corrected chi connectivity index (χ4v) is 2.05. The third kappa shape index (κ3) is 2.19. The summed E-state index contributed by atoms with van der Waals surface area (Å²) in [7, 11) is 0. The molecule has 15 heavy (non-hydrogen) atoms. The summed E-state index contributed by atoms with van der Waals surface area (Å²) in [6.45, 7) is 5.56. The van der Waals surface area contributed by atoms with Gasteiger partial charge in [0.2, 0.25) is 0 Å². The van der Waals surface area contributed by atoms with Crippen molar-refractivity contribution in [2.75, 3.05) is 13.2 Å². The summed E-state index contributed by atoms with van der Waals surface area (Å²) in [6.07, 6.45) is 1.83. The van der Waals surface area contributed by atoms with Gasteiger partial charge in [-0.05, 0) is 18.1 Å². The molecule has 1 aliphatic rings. The van der Waals surface area contributed by atoms with E-state index in [0.717, 1.165) is 12.2 Å². The highest BCUT2D eigenvalue weighted by Crippen LogP contribution is 2.37. The first-order valence-electron chi connectivity index (χ1n) is 5.51. The Morgan fingerprint density at radius 2 is 2.33 bits per heavy atom. The normalized spacial score (nSPS) is 26.7. The van der Waals surface area contributed by atoms with Gasteiger partial charge >= 0.3 is 0 Å². The van der Waals surface area contributed by atoms with Gasteiger partial charge in [-0.2, -0.15) is 0 Å². The number of pyridine rings is 1. The van der Waals surface area contributed by atoms with E-state index in [1.807, 2.05) is 18.3 Å². The van der Waals surface area contributed by atoms with Crippen molar-refractivity contribution in [1.29, 1.82) is 0 Å². The minimum absolute atomic E-state index is 0.237. The molecule has 1 N–H and O–H groups in total. The predicted octanol–water partition coefficient (Wildman–Crippen LogP) is 1.46. The van der Waals surface area contributed by atoms with E-state index in [1.54, 1.807) is 0 Å². The van der Waals surface area contributed by atoms with E-state index in [2.05, 4.69) is 29.8 Å². The van der Waals surface area contributed by atoms with Crippen molar-refractivity contribution in [3.05, 3.63) is 30.1 Å². The summed E-state index contributed by atoms with van der Waals surface area (Å²) in [5, 5.41) is 9.31. The third-order valence-corrected chi connectivity index (χ3v) is 3.06. The first-order valence-corrected chi connectivity index (χ1v) is 5.51. The summed E-state index contributed by atoms with van der Waals surface area (Å²) in [4.78, 5) is 6.66. The molecular weight excluding hydrogens is 188 g/mol. The Hall–Kier alpha value is -0.930. The molecular formula is C12H18N2O. The van der Waals surface area contributed by atoms with Gasteiger partial charge in [0, 0.05) is 18.8 Å². The molecule has 2 heterocycles. The summed E-state index contributed by atoms with van der Waals surface area (Å²) in [6, 6.07) is 6.70. The smallest absolute Gasteiger partial charge is 0.0653 e. The van der Waals surface area contributed by atoms with Crippen molar-refractivity contribution in [2.24, 2.45) is 5.92 Å². The molecule has 0 aromatic carbocycles. The van der Waals surface area contributed by atoms with Gasteiger partial charge < -0.3 is 5.11 Å². The summed E-state index contributed by atoms with van der Waals surface area (Å²) in [5.74, 6) is 0.490. The lowest BCUT2D eigenvalue weighted by Crippen LogP contribution is -2.29. The SMILES string of the molecule is CC(C)[C@@H](CO)N1C[C@H]1c1ccccn1. The van der Waals surface area contributed by atoms with Crippen LogP contribution in [0.5, 0.6) is 0 Å². The second-order valence-corrected chi connectivity index (χ2v) is 4.46. The van der Waals surface area contributed by atoms with E-state index in [1.165, 1.54) is 0 Å². The molecule has 0 amide bonds. The van der Waals surface area contributed by atoms with Crippen LogP contribution in [0.25, 0.3) is 0 Å². The number of hydrogen-bond acceptors (Lipinski definition) is 3. The molecule has 2 rings (SSSR count). The topological polar surface area (TPSA) is 36.1 Å². The number of aromatic nitrogens is 1. The van der Waals surface area contributed by atoms with E-state index in [4.69, 9.17) is 0 Å². The lowest BCUT2D eigenvalue weighted by atomic mass is 10.1. The highest BCUT2D eigenvalue weighted by atomic mass is 16.3. The van der Waals surface area contributed by atoms with E-state index >= 15 is 0 Å². The molecule has 1 aliphatic heterocycles. The molecule has 1 saturated heterocycles. The molecule has 0 saturated carbocycles. The van der Waals surface area contributed by atoms with Gasteiger partial charge in [0.15, 0.2) is 0 Å². The number of hydrogen-bond donors (Lipinski definition) is 1. The van der Waals surface area contributed by atoms with Gasteiger partial charge in [-0.15, -0.1) is 0 Å². The van der Waals surface area contributed by atoms with E-state index < -0.39 is 0 Å². The van der Waals surface area contributed by atoms with Crippen molar-refractivity contribution in [2.45, 2.75) is 25.9 Å². The van der Waals surface area contributed by atoms with Crippen molar-refractivity contribution in [3.63, 3.8) is 0 Å². The van der Waals surface area contributed by atoms with Gasteiger partial charge in [0.05, 0.1) is 18.3 Å². The van der Waals surface area contributed by atoms with Crippen LogP contribution >= 0.6 is 0 Å². The quantitative estimate of drug-likeness (QED) is 0.758. The van der Waals surface area contributed by atoms with Crippen molar-refractivity contribution < 1.29 is 5.11 Å². The van der Waals surface area contributed by atoms with Crippen LogP contribution in [0.3, 0.4) is 0 Å². The largest absolute Gasteiger partial charge is 0.395 e. The molecule has 1 fully saturated rings. The standard InChI is InChI=1S/C12H18N2O/c1-9(2)12(8-15)14-7-11(14)10-5-3-4-6-13-10/h3-6,9,11-12,15H,7-8H2,1-2H3/t11-,12+,14?/m0/s1. The van der Waals surface area contributed by atoms with Gasteiger partial charge in [-0.3, -0.25) is 9.88 Å². The molecule has 0 radical (unpaired) electrons. The number of aliphatic hydroxyl groups is 1. The lowest BCUT2D eigenvalue weighted by molar-refractivity contribution is 0.163. The van der Waals surface area contributed by atoms with Crippen molar-refractivity contribution in [3.8, 4) is 0 Å². The monoisotopic (exact) mass is 206 g/mol. The minimum Gasteiger partial charge on any atom is -0.395 e. The molecule has 3 atom stereocenters. The first kappa shape index (κ1) is 10.6. The first-order chi connectivity index (χ1) is 7.24. The van der Waals surface area contributed by atoms with Crippen LogP contribution in [0.1, 0.15) is 25.6 Å². The molecule has 82 valence electrons. The molecule has 1 aromatic rings. The lowest BCUT2D eigenvalue weighted by Gasteiger charge is -2.20. The molecule has 0 spiro atoms. The molecule has 3 nitrogen and oxygen atoms in total. The van der Waals surface area contributed by atoms with Gasteiger partial charge in [0.25, 0.3) is 0 Å². The van der Waals surface area contributed by atoms with Gasteiger partial charge in [-0.1, -0.05) is 19.9 Å². The summed E-state index contributed by atoms with van der Waals surface area (Å²) in [5.41, 5.74) is 1.12. The van der Waals surface area contributed by atoms with Gasteiger partial charge in [-0.25, -0.2) is 0 Å². The molecule has 1 aromatic heterocycles. The Morgan fingerprint density at radius 3 is 2.87 bits per heavy atom. The molecule has 0 bridgehead atoms. The Balaban J connectivity index is 2.01. The average molecular weight is 206 g/mol. The number of nitrogens with zero attached hydrogens (tertiary/aromatic N) is 2. The van der Waals surface area contributed by atoms with Crippen LogP contribution in [0.2, 0.25) is 0 Å². The number of rotatable bonds is 4. The van der Waals surface area contributed by atoms with E-state index in [0.29, 0.717) is 12.0 Å². The van der Waals surface area contributed by atoms with Crippen LogP contribution in [0.4, 0.5) is 0 Å². The maximum Gasteiger partial charge on any atom is 0.0653 e. The highest BCUT2D eigenvalue weighted by molar-refractivity contribution is 5.16. The van der Waals surface area contributed by atoms with Crippen molar-refractivity contribution in [1.82, 2.24) is 9.88 Å². The van der Waals surface area contributed by atoms with E-state index in [-0.39, 0.29) is 12.6 Å². The predicted molar refractivity (Wildman–Crippen MR) is 59.4 cm³/mol. The average Bonchev–Trinajstić information content (AvgIpc) is 3.00. The fourth-order valence-electron chi connectivity index (χ4n) is 2.05. The zero-order chi connectivity index (χ0) is 10.8. The van der Waals surface area contributed by atoms with Gasteiger partial charge in [0.1, 0.15) is 0 Å². The minimum atomic E-state index is 0.237. The fraction of sp³-hybridized carbons (Fsp3) is 0.583. The maximum absolute atomic E-state index is 9.31. The zero-order valence-electron chi connectivity index (χ0n) is 9.30. The maximum atomic E-state index is 9.31. The van der Waals surface area contributed by atoms with Crippen LogP contribution < -0.4 is 0 Å². The van der Waals surface area contributed by atoms with Crippen LogP contribution in [-0.4, -0.2) is 34.2 Å². The molecule has 3 heteroatoms. The van der Waals surface area contributed by atoms with Crippen molar-refractivity contribution >= 4 is 0 Å². The van der Waals surface area contributed by atoms with Crippen LogP contribution in [0, 0.1) is 5.92 Å². The Labute approximate surface area is 90.8 Å². The second-order valence-electron chi connectivity index (χ2n) is 4.46. The Bertz CT molecular complexity index is 313.